The molecular formula is C16H27Br. The van der Waals surface area contributed by atoms with Gasteiger partial charge in [0, 0.05) is 5.33 Å². The van der Waals surface area contributed by atoms with E-state index in [1.165, 1.54) is 36.8 Å². The Bertz CT molecular complexity index is 271. The molecular weight excluding hydrogens is 272 g/mol. The van der Waals surface area contributed by atoms with Crippen LogP contribution in [-0.2, 0) is 0 Å². The highest BCUT2D eigenvalue weighted by Gasteiger charge is 1.98. The first-order valence-corrected chi connectivity index (χ1v) is 7.77. The van der Waals surface area contributed by atoms with E-state index in [0.717, 1.165) is 11.2 Å². The summed E-state index contributed by atoms with van der Waals surface area (Å²) in [4.78, 5) is 0. The predicted molar refractivity (Wildman–Crippen MR) is 83.8 cm³/mol. The summed E-state index contributed by atoms with van der Waals surface area (Å²) in [5, 5.41) is 0.944. The molecule has 0 bridgehead atoms. The van der Waals surface area contributed by atoms with Gasteiger partial charge in [0.1, 0.15) is 0 Å². The molecule has 0 saturated heterocycles. The second-order valence-corrected chi connectivity index (χ2v) is 5.47. The van der Waals surface area contributed by atoms with Gasteiger partial charge in [-0.1, -0.05) is 65.2 Å². The summed E-state index contributed by atoms with van der Waals surface area (Å²) in [6.07, 6.45) is 14.0. The van der Waals surface area contributed by atoms with Crippen LogP contribution in [0.3, 0.4) is 0 Å². The first-order chi connectivity index (χ1) is 8.10. The monoisotopic (exact) mass is 298 g/mol. The van der Waals surface area contributed by atoms with Gasteiger partial charge in [-0.15, -0.1) is 0 Å². The number of hydrogen-bond donors (Lipinski definition) is 0. The van der Waals surface area contributed by atoms with Crippen LogP contribution in [0.1, 0.15) is 53.4 Å². The fourth-order valence-corrected chi connectivity index (χ4v) is 2.06. The first-order valence-electron chi connectivity index (χ1n) is 6.65. The van der Waals surface area contributed by atoms with E-state index in [1.54, 1.807) is 0 Å². The minimum atomic E-state index is 0.781. The van der Waals surface area contributed by atoms with Crippen LogP contribution in [0.15, 0.2) is 35.5 Å². The minimum Gasteiger partial charge on any atom is -0.0883 e. The number of alkyl halides is 1. The van der Waals surface area contributed by atoms with Gasteiger partial charge >= 0.3 is 0 Å². The van der Waals surface area contributed by atoms with Crippen molar-refractivity contribution < 1.29 is 0 Å². The molecule has 0 spiro atoms. The number of halogens is 1. The number of allylic oxidation sites excluding steroid dienone is 6. The van der Waals surface area contributed by atoms with Gasteiger partial charge in [0.15, 0.2) is 0 Å². The maximum Gasteiger partial charge on any atom is 0.0217 e. The van der Waals surface area contributed by atoms with Crippen LogP contribution in [0.4, 0.5) is 0 Å². The first kappa shape index (κ1) is 16.7. The van der Waals surface area contributed by atoms with E-state index >= 15 is 0 Å². The summed E-state index contributed by atoms with van der Waals surface area (Å²) in [6.45, 7) is 8.93. The molecule has 0 amide bonds. The van der Waals surface area contributed by atoms with Crippen molar-refractivity contribution in [2.45, 2.75) is 53.4 Å². The maximum absolute atomic E-state index is 3.41. The second-order valence-electron chi connectivity index (χ2n) is 4.83. The molecule has 0 nitrogen and oxygen atoms in total. The van der Waals surface area contributed by atoms with E-state index in [-0.39, 0.29) is 0 Å². The molecule has 0 aromatic rings. The maximum atomic E-state index is 3.41. The molecule has 98 valence electrons. The molecule has 0 saturated carbocycles. The van der Waals surface area contributed by atoms with Gasteiger partial charge in [-0.25, -0.2) is 0 Å². The van der Waals surface area contributed by atoms with Crippen molar-refractivity contribution >= 4 is 15.9 Å². The molecule has 0 fully saturated rings. The highest BCUT2D eigenvalue weighted by atomic mass is 79.9. The zero-order chi connectivity index (χ0) is 13.1. The summed E-state index contributed by atoms with van der Waals surface area (Å²) in [7, 11) is 0. The van der Waals surface area contributed by atoms with Crippen molar-refractivity contribution in [3.63, 3.8) is 0 Å². The van der Waals surface area contributed by atoms with E-state index in [2.05, 4.69) is 67.9 Å². The van der Waals surface area contributed by atoms with Crippen LogP contribution >= 0.6 is 15.9 Å². The molecule has 0 aliphatic rings. The number of hydrogen-bond acceptors (Lipinski definition) is 0. The van der Waals surface area contributed by atoms with Gasteiger partial charge in [-0.2, -0.15) is 0 Å². The Morgan fingerprint density at radius 1 is 1.24 bits per heavy atom. The van der Waals surface area contributed by atoms with E-state index in [1.807, 2.05) is 0 Å². The Morgan fingerprint density at radius 3 is 2.53 bits per heavy atom. The van der Waals surface area contributed by atoms with Crippen LogP contribution in [-0.4, -0.2) is 5.33 Å². The third kappa shape index (κ3) is 10.6. The van der Waals surface area contributed by atoms with Crippen molar-refractivity contribution in [2.75, 3.05) is 5.33 Å². The molecule has 0 aromatic heterocycles. The van der Waals surface area contributed by atoms with Gasteiger partial charge in [0.25, 0.3) is 0 Å². The van der Waals surface area contributed by atoms with Crippen LogP contribution in [0.5, 0.6) is 0 Å². The van der Waals surface area contributed by atoms with Gasteiger partial charge < -0.3 is 0 Å². The second kappa shape index (κ2) is 10.8. The van der Waals surface area contributed by atoms with Gasteiger partial charge in [-0.3, -0.25) is 0 Å². The summed E-state index contributed by atoms with van der Waals surface area (Å²) < 4.78 is 0. The average Bonchev–Trinajstić information content (AvgIpc) is 2.29. The zero-order valence-electron chi connectivity index (χ0n) is 11.8. The molecule has 0 aliphatic heterocycles. The van der Waals surface area contributed by atoms with Crippen molar-refractivity contribution in [2.24, 2.45) is 5.92 Å². The van der Waals surface area contributed by atoms with Crippen molar-refractivity contribution in [3.8, 4) is 0 Å². The van der Waals surface area contributed by atoms with E-state index in [0.29, 0.717) is 0 Å². The largest absolute Gasteiger partial charge is 0.0883 e. The van der Waals surface area contributed by atoms with E-state index in [9.17, 15) is 0 Å². The summed E-state index contributed by atoms with van der Waals surface area (Å²) >= 11 is 3.41. The summed E-state index contributed by atoms with van der Waals surface area (Å²) in [6, 6.07) is 0. The van der Waals surface area contributed by atoms with Crippen molar-refractivity contribution in [1.29, 1.82) is 0 Å². The highest BCUT2D eigenvalue weighted by molar-refractivity contribution is 9.09. The normalized spacial score (nSPS) is 15.6. The topological polar surface area (TPSA) is 0 Å². The molecule has 17 heavy (non-hydrogen) atoms. The third-order valence-corrected chi connectivity index (χ3v) is 3.35. The molecule has 0 radical (unpaired) electrons. The molecule has 1 heteroatoms. The lowest BCUT2D eigenvalue weighted by Crippen LogP contribution is -1.91. The quantitative estimate of drug-likeness (QED) is 0.291. The van der Waals surface area contributed by atoms with E-state index in [4.69, 9.17) is 0 Å². The lowest BCUT2D eigenvalue weighted by atomic mass is 10.00. The molecule has 1 unspecified atom stereocenters. The highest BCUT2D eigenvalue weighted by Crippen LogP contribution is 2.13. The van der Waals surface area contributed by atoms with Crippen LogP contribution < -0.4 is 0 Å². The molecule has 0 heterocycles. The average molecular weight is 299 g/mol. The van der Waals surface area contributed by atoms with Crippen LogP contribution in [0, 0.1) is 5.92 Å². The Morgan fingerprint density at radius 2 is 1.94 bits per heavy atom. The smallest absolute Gasteiger partial charge is 0.0217 e. The van der Waals surface area contributed by atoms with Crippen LogP contribution in [0.2, 0.25) is 0 Å². The van der Waals surface area contributed by atoms with Gasteiger partial charge in [0.2, 0.25) is 0 Å². The molecule has 0 aromatic carbocycles. The summed E-state index contributed by atoms with van der Waals surface area (Å²) in [5.74, 6) is 0.781. The molecule has 0 rings (SSSR count). The summed E-state index contributed by atoms with van der Waals surface area (Å²) in [5.41, 5.74) is 2.86. The van der Waals surface area contributed by atoms with E-state index < -0.39 is 0 Å². The fraction of sp³-hybridized carbons (Fsp3) is 0.625. The van der Waals surface area contributed by atoms with Crippen LogP contribution in [0.25, 0.3) is 0 Å². The molecule has 0 N–H and O–H groups in total. The van der Waals surface area contributed by atoms with Crippen molar-refractivity contribution in [3.05, 3.63) is 35.5 Å². The minimum absolute atomic E-state index is 0.781. The van der Waals surface area contributed by atoms with Gasteiger partial charge in [0.05, 0.1) is 0 Å². The lowest BCUT2D eigenvalue weighted by Gasteiger charge is -2.06. The predicted octanol–water partition coefficient (Wildman–Crippen LogP) is 6.05. The zero-order valence-corrected chi connectivity index (χ0v) is 13.4. The van der Waals surface area contributed by atoms with Gasteiger partial charge in [-0.05, 0) is 45.4 Å². The SMILES string of the molecule is CCC(C)=CCCC(C)CC=CC(C)=CCBr. The lowest BCUT2D eigenvalue weighted by molar-refractivity contribution is 0.545. The Labute approximate surface area is 116 Å². The fourth-order valence-electron chi connectivity index (χ4n) is 1.55. The van der Waals surface area contributed by atoms with Crippen molar-refractivity contribution in [1.82, 2.24) is 0 Å². The number of rotatable bonds is 8. The molecule has 0 aliphatic carbocycles. The Kier molecular flexibility index (Phi) is 10.6. The third-order valence-electron chi connectivity index (χ3n) is 3.03. The Balaban J connectivity index is 3.80. The Hall–Kier alpha value is -0.300. The molecule has 1 atom stereocenters. The standard InChI is InChI=1S/C16H27Br/c1-5-14(2)8-6-9-15(3)10-7-11-16(4)12-13-17/h7-8,11-12,15H,5-6,9-10,13H2,1-4H3.